The van der Waals surface area contributed by atoms with Crippen LogP contribution in [0.3, 0.4) is 0 Å². The van der Waals surface area contributed by atoms with Gasteiger partial charge in [-0.2, -0.15) is 0 Å². The summed E-state index contributed by atoms with van der Waals surface area (Å²) in [6.45, 7) is 9.75. The van der Waals surface area contributed by atoms with E-state index in [1.54, 1.807) is 4.68 Å². The molecule has 0 aliphatic rings. The standard InChI is InChI=1S/C8H13ClN4S/c1-6(9)5-14-7-10-11-12-13(7)8(2,3)4/h1,5H2,2-4H3. The highest BCUT2D eigenvalue weighted by Crippen LogP contribution is 2.23. The molecule has 0 radical (unpaired) electrons. The van der Waals surface area contributed by atoms with Crippen LogP contribution >= 0.6 is 23.4 Å². The molecule has 0 saturated carbocycles. The molecule has 0 amide bonds. The van der Waals surface area contributed by atoms with E-state index in [4.69, 9.17) is 11.6 Å². The van der Waals surface area contributed by atoms with Gasteiger partial charge in [-0.1, -0.05) is 29.9 Å². The van der Waals surface area contributed by atoms with E-state index in [0.717, 1.165) is 5.16 Å². The Kier molecular flexibility index (Phi) is 3.55. The monoisotopic (exact) mass is 232 g/mol. The van der Waals surface area contributed by atoms with E-state index in [9.17, 15) is 0 Å². The number of rotatable bonds is 3. The van der Waals surface area contributed by atoms with Gasteiger partial charge in [-0.15, -0.1) is 5.10 Å². The average molecular weight is 233 g/mol. The van der Waals surface area contributed by atoms with E-state index in [1.165, 1.54) is 11.8 Å². The summed E-state index contributed by atoms with van der Waals surface area (Å²) in [4.78, 5) is 0. The third kappa shape index (κ3) is 2.99. The minimum atomic E-state index is -0.112. The van der Waals surface area contributed by atoms with Gasteiger partial charge in [0.25, 0.3) is 0 Å². The van der Waals surface area contributed by atoms with Gasteiger partial charge in [-0.05, 0) is 31.2 Å². The maximum Gasteiger partial charge on any atom is 0.210 e. The molecule has 0 fully saturated rings. The largest absolute Gasteiger partial charge is 0.215 e. The Balaban J connectivity index is 2.78. The lowest BCUT2D eigenvalue weighted by molar-refractivity contribution is 0.321. The number of thioether (sulfide) groups is 1. The SMILES string of the molecule is C=C(Cl)CSc1nnnn1C(C)(C)C. The smallest absolute Gasteiger partial charge is 0.210 e. The summed E-state index contributed by atoms with van der Waals surface area (Å²) in [7, 11) is 0. The van der Waals surface area contributed by atoms with Gasteiger partial charge >= 0.3 is 0 Å². The number of tetrazole rings is 1. The van der Waals surface area contributed by atoms with Gasteiger partial charge in [-0.3, -0.25) is 0 Å². The molecule has 1 aromatic heterocycles. The molecule has 0 spiro atoms. The molecule has 0 atom stereocenters. The second-order valence-electron chi connectivity index (χ2n) is 3.85. The molecular weight excluding hydrogens is 220 g/mol. The molecule has 1 aromatic rings. The molecule has 0 aliphatic carbocycles. The molecule has 0 N–H and O–H groups in total. The number of hydrogen-bond donors (Lipinski definition) is 0. The van der Waals surface area contributed by atoms with E-state index < -0.39 is 0 Å². The van der Waals surface area contributed by atoms with Crippen molar-refractivity contribution in [2.24, 2.45) is 0 Å². The zero-order valence-corrected chi connectivity index (χ0v) is 10.1. The Morgan fingerprint density at radius 3 is 2.71 bits per heavy atom. The molecule has 78 valence electrons. The summed E-state index contributed by atoms with van der Waals surface area (Å²) < 4.78 is 1.78. The summed E-state index contributed by atoms with van der Waals surface area (Å²) in [6, 6.07) is 0. The maximum absolute atomic E-state index is 5.67. The topological polar surface area (TPSA) is 43.6 Å². The molecular formula is C8H13ClN4S. The fourth-order valence-corrected chi connectivity index (χ4v) is 1.81. The van der Waals surface area contributed by atoms with E-state index in [0.29, 0.717) is 10.8 Å². The first-order valence-electron chi connectivity index (χ1n) is 4.16. The first-order chi connectivity index (χ1) is 6.41. The Labute approximate surface area is 92.7 Å². The Bertz CT molecular complexity index is 328. The van der Waals surface area contributed by atoms with Gasteiger partial charge in [0.1, 0.15) is 0 Å². The van der Waals surface area contributed by atoms with E-state index >= 15 is 0 Å². The zero-order valence-electron chi connectivity index (χ0n) is 8.49. The van der Waals surface area contributed by atoms with Crippen LogP contribution < -0.4 is 0 Å². The predicted octanol–water partition coefficient (Wildman–Crippen LogP) is 2.27. The first kappa shape index (κ1) is 11.5. The van der Waals surface area contributed by atoms with Gasteiger partial charge in [0.15, 0.2) is 0 Å². The van der Waals surface area contributed by atoms with E-state index in [1.807, 2.05) is 20.8 Å². The van der Waals surface area contributed by atoms with Crippen molar-refractivity contribution in [1.82, 2.24) is 20.2 Å². The average Bonchev–Trinajstić information content (AvgIpc) is 2.46. The van der Waals surface area contributed by atoms with Crippen molar-refractivity contribution < 1.29 is 0 Å². The van der Waals surface area contributed by atoms with E-state index in [-0.39, 0.29) is 5.54 Å². The fraction of sp³-hybridized carbons (Fsp3) is 0.625. The molecule has 6 heteroatoms. The summed E-state index contributed by atoms with van der Waals surface area (Å²) in [6.07, 6.45) is 0. The zero-order chi connectivity index (χ0) is 10.8. The highest BCUT2D eigenvalue weighted by Gasteiger charge is 2.19. The van der Waals surface area contributed by atoms with Crippen LogP contribution in [0.4, 0.5) is 0 Å². The molecule has 4 nitrogen and oxygen atoms in total. The molecule has 0 bridgehead atoms. The summed E-state index contributed by atoms with van der Waals surface area (Å²) in [5.41, 5.74) is -0.112. The van der Waals surface area contributed by atoms with Gasteiger partial charge in [0.05, 0.1) is 5.54 Å². The Morgan fingerprint density at radius 1 is 1.57 bits per heavy atom. The summed E-state index contributed by atoms with van der Waals surface area (Å²) in [5.74, 6) is 0.623. The van der Waals surface area contributed by atoms with Gasteiger partial charge in [-0.25, -0.2) is 4.68 Å². The second-order valence-corrected chi connectivity index (χ2v) is 5.33. The highest BCUT2D eigenvalue weighted by atomic mass is 35.5. The summed E-state index contributed by atoms with van der Waals surface area (Å²) in [5, 5.41) is 12.8. The third-order valence-electron chi connectivity index (χ3n) is 1.43. The lowest BCUT2D eigenvalue weighted by Gasteiger charge is -2.19. The van der Waals surface area contributed by atoms with Crippen LogP contribution in [0.25, 0.3) is 0 Å². The number of aromatic nitrogens is 4. The third-order valence-corrected chi connectivity index (χ3v) is 2.73. The predicted molar refractivity (Wildman–Crippen MR) is 58.5 cm³/mol. The fourth-order valence-electron chi connectivity index (χ4n) is 0.833. The lowest BCUT2D eigenvalue weighted by atomic mass is 10.1. The summed E-state index contributed by atoms with van der Waals surface area (Å²) >= 11 is 7.15. The van der Waals surface area contributed by atoms with Crippen molar-refractivity contribution in [3.63, 3.8) is 0 Å². The molecule has 14 heavy (non-hydrogen) atoms. The van der Waals surface area contributed by atoms with Crippen LogP contribution in [-0.4, -0.2) is 26.0 Å². The van der Waals surface area contributed by atoms with Crippen LogP contribution in [0, 0.1) is 0 Å². The van der Waals surface area contributed by atoms with Crippen LogP contribution in [0.15, 0.2) is 16.8 Å². The Hall–Kier alpha value is -0.550. The molecule has 1 rings (SSSR count). The number of nitrogens with zero attached hydrogens (tertiary/aromatic N) is 4. The van der Waals surface area contributed by atoms with Gasteiger partial charge in [0.2, 0.25) is 5.16 Å². The van der Waals surface area contributed by atoms with Crippen LogP contribution in [0.1, 0.15) is 20.8 Å². The minimum absolute atomic E-state index is 0.112. The van der Waals surface area contributed by atoms with Crippen LogP contribution in [-0.2, 0) is 5.54 Å². The van der Waals surface area contributed by atoms with E-state index in [2.05, 4.69) is 22.1 Å². The molecule has 0 aliphatic heterocycles. The van der Waals surface area contributed by atoms with Crippen molar-refractivity contribution in [1.29, 1.82) is 0 Å². The molecule has 0 aromatic carbocycles. The Morgan fingerprint density at radius 2 is 2.21 bits per heavy atom. The quantitative estimate of drug-likeness (QED) is 0.750. The van der Waals surface area contributed by atoms with Crippen molar-refractivity contribution in [2.75, 3.05) is 5.75 Å². The van der Waals surface area contributed by atoms with Crippen LogP contribution in [0.5, 0.6) is 0 Å². The van der Waals surface area contributed by atoms with Gasteiger partial charge in [0, 0.05) is 10.8 Å². The minimum Gasteiger partial charge on any atom is -0.215 e. The maximum atomic E-state index is 5.67. The number of hydrogen-bond acceptors (Lipinski definition) is 4. The van der Waals surface area contributed by atoms with Crippen molar-refractivity contribution in [3.8, 4) is 0 Å². The lowest BCUT2D eigenvalue weighted by Crippen LogP contribution is -2.24. The highest BCUT2D eigenvalue weighted by molar-refractivity contribution is 7.99. The van der Waals surface area contributed by atoms with Crippen molar-refractivity contribution in [2.45, 2.75) is 31.5 Å². The van der Waals surface area contributed by atoms with Crippen molar-refractivity contribution in [3.05, 3.63) is 11.6 Å². The van der Waals surface area contributed by atoms with Crippen LogP contribution in [0.2, 0.25) is 0 Å². The molecule has 0 saturated heterocycles. The van der Waals surface area contributed by atoms with Crippen molar-refractivity contribution >= 4 is 23.4 Å². The number of halogens is 1. The van der Waals surface area contributed by atoms with Gasteiger partial charge < -0.3 is 0 Å². The first-order valence-corrected chi connectivity index (χ1v) is 5.52. The molecule has 0 unspecified atom stereocenters. The molecule has 1 heterocycles. The second kappa shape index (κ2) is 4.31. The normalized spacial score (nSPS) is 11.7.